The fraction of sp³-hybridized carbons (Fsp3) is 0.600. The van der Waals surface area contributed by atoms with Crippen LogP contribution in [-0.2, 0) is 5.60 Å². The standard InChI is InChI=1S/C15H25NO2/c1-11(2)16-10-15(5,17)13-7-6-8-14(9-13)18-12(3)4/h6-9,11-12,16-17H,10H2,1-5H3. The van der Waals surface area contributed by atoms with Crippen molar-refractivity contribution in [2.75, 3.05) is 6.54 Å². The van der Waals surface area contributed by atoms with Crippen LogP contribution in [0.1, 0.15) is 40.2 Å². The molecule has 0 amide bonds. The maximum absolute atomic E-state index is 10.5. The topological polar surface area (TPSA) is 41.5 Å². The number of rotatable bonds is 6. The van der Waals surface area contributed by atoms with Crippen molar-refractivity contribution in [1.82, 2.24) is 5.32 Å². The third kappa shape index (κ3) is 4.67. The molecule has 0 fully saturated rings. The molecular formula is C15H25NO2. The summed E-state index contributed by atoms with van der Waals surface area (Å²) in [6.45, 7) is 10.5. The van der Waals surface area contributed by atoms with Gasteiger partial charge in [-0.25, -0.2) is 0 Å². The lowest BCUT2D eigenvalue weighted by Crippen LogP contribution is -2.38. The van der Waals surface area contributed by atoms with Crippen LogP contribution in [-0.4, -0.2) is 23.8 Å². The third-order valence-electron chi connectivity index (χ3n) is 2.68. The number of hydrogen-bond acceptors (Lipinski definition) is 3. The van der Waals surface area contributed by atoms with E-state index in [9.17, 15) is 5.11 Å². The van der Waals surface area contributed by atoms with E-state index in [1.54, 1.807) is 0 Å². The maximum atomic E-state index is 10.5. The van der Waals surface area contributed by atoms with Gasteiger partial charge in [0.1, 0.15) is 5.75 Å². The Morgan fingerprint density at radius 1 is 1.28 bits per heavy atom. The van der Waals surface area contributed by atoms with E-state index in [1.807, 2.05) is 45.0 Å². The van der Waals surface area contributed by atoms with Crippen molar-refractivity contribution in [3.05, 3.63) is 29.8 Å². The first kappa shape index (κ1) is 15.0. The van der Waals surface area contributed by atoms with Gasteiger partial charge in [0, 0.05) is 12.6 Å². The first-order valence-electron chi connectivity index (χ1n) is 6.54. The van der Waals surface area contributed by atoms with Crippen LogP contribution in [0.4, 0.5) is 0 Å². The van der Waals surface area contributed by atoms with Crippen LogP contribution in [0.25, 0.3) is 0 Å². The third-order valence-corrected chi connectivity index (χ3v) is 2.68. The van der Waals surface area contributed by atoms with E-state index in [0.29, 0.717) is 12.6 Å². The Kier molecular flexibility index (Phi) is 5.17. The second-order valence-corrected chi connectivity index (χ2v) is 5.50. The van der Waals surface area contributed by atoms with Crippen molar-refractivity contribution in [3.8, 4) is 5.75 Å². The summed E-state index contributed by atoms with van der Waals surface area (Å²) in [4.78, 5) is 0. The Morgan fingerprint density at radius 2 is 1.94 bits per heavy atom. The first-order chi connectivity index (χ1) is 8.31. The second-order valence-electron chi connectivity index (χ2n) is 5.50. The van der Waals surface area contributed by atoms with Crippen molar-refractivity contribution >= 4 is 0 Å². The van der Waals surface area contributed by atoms with Gasteiger partial charge in [-0.2, -0.15) is 0 Å². The predicted molar refractivity (Wildman–Crippen MR) is 74.9 cm³/mol. The Balaban J connectivity index is 2.80. The van der Waals surface area contributed by atoms with Crippen LogP contribution >= 0.6 is 0 Å². The molecule has 1 aromatic carbocycles. The fourth-order valence-electron chi connectivity index (χ4n) is 1.68. The molecule has 3 heteroatoms. The smallest absolute Gasteiger partial charge is 0.120 e. The average Bonchev–Trinajstić information content (AvgIpc) is 2.26. The van der Waals surface area contributed by atoms with E-state index in [-0.39, 0.29) is 6.10 Å². The average molecular weight is 251 g/mol. The zero-order valence-electron chi connectivity index (χ0n) is 12.0. The highest BCUT2D eigenvalue weighted by atomic mass is 16.5. The van der Waals surface area contributed by atoms with E-state index in [4.69, 9.17) is 4.74 Å². The predicted octanol–water partition coefficient (Wildman–Crippen LogP) is 2.68. The summed E-state index contributed by atoms with van der Waals surface area (Å²) in [7, 11) is 0. The van der Waals surface area contributed by atoms with Gasteiger partial charge in [0.2, 0.25) is 0 Å². The number of ether oxygens (including phenoxy) is 1. The molecule has 0 radical (unpaired) electrons. The molecule has 1 rings (SSSR count). The number of nitrogens with one attached hydrogen (secondary N) is 1. The molecule has 1 unspecified atom stereocenters. The Morgan fingerprint density at radius 3 is 2.50 bits per heavy atom. The van der Waals surface area contributed by atoms with Crippen LogP contribution in [0.3, 0.4) is 0 Å². The van der Waals surface area contributed by atoms with E-state index < -0.39 is 5.60 Å². The van der Waals surface area contributed by atoms with Crippen LogP contribution in [0.2, 0.25) is 0 Å². The SMILES string of the molecule is CC(C)NCC(C)(O)c1cccc(OC(C)C)c1. The molecule has 0 aliphatic rings. The highest BCUT2D eigenvalue weighted by Crippen LogP contribution is 2.24. The molecule has 0 spiro atoms. The molecular weight excluding hydrogens is 226 g/mol. The van der Waals surface area contributed by atoms with Crippen molar-refractivity contribution in [2.45, 2.75) is 52.4 Å². The lowest BCUT2D eigenvalue weighted by molar-refractivity contribution is 0.0545. The van der Waals surface area contributed by atoms with Gasteiger partial charge in [-0.1, -0.05) is 26.0 Å². The maximum Gasteiger partial charge on any atom is 0.120 e. The van der Waals surface area contributed by atoms with Gasteiger partial charge in [-0.05, 0) is 38.5 Å². The van der Waals surface area contributed by atoms with Gasteiger partial charge in [-0.15, -0.1) is 0 Å². The van der Waals surface area contributed by atoms with Crippen molar-refractivity contribution in [1.29, 1.82) is 0 Å². The van der Waals surface area contributed by atoms with Crippen LogP contribution in [0.5, 0.6) is 5.75 Å². The van der Waals surface area contributed by atoms with Gasteiger partial charge in [0.05, 0.1) is 11.7 Å². The van der Waals surface area contributed by atoms with Crippen molar-refractivity contribution in [3.63, 3.8) is 0 Å². The van der Waals surface area contributed by atoms with E-state index in [0.717, 1.165) is 11.3 Å². The molecule has 0 aromatic heterocycles. The quantitative estimate of drug-likeness (QED) is 0.816. The van der Waals surface area contributed by atoms with Crippen molar-refractivity contribution < 1.29 is 9.84 Å². The largest absolute Gasteiger partial charge is 0.491 e. The number of benzene rings is 1. The first-order valence-corrected chi connectivity index (χ1v) is 6.54. The zero-order valence-corrected chi connectivity index (χ0v) is 12.0. The Labute approximate surface area is 110 Å². The molecule has 1 atom stereocenters. The van der Waals surface area contributed by atoms with E-state index >= 15 is 0 Å². The highest BCUT2D eigenvalue weighted by molar-refractivity contribution is 5.32. The molecule has 3 nitrogen and oxygen atoms in total. The minimum atomic E-state index is -0.888. The van der Waals surface area contributed by atoms with E-state index in [1.165, 1.54) is 0 Å². The molecule has 0 aliphatic heterocycles. The molecule has 2 N–H and O–H groups in total. The van der Waals surface area contributed by atoms with Crippen molar-refractivity contribution in [2.24, 2.45) is 0 Å². The molecule has 0 bridgehead atoms. The molecule has 18 heavy (non-hydrogen) atoms. The monoisotopic (exact) mass is 251 g/mol. The summed E-state index contributed by atoms with van der Waals surface area (Å²) in [6, 6.07) is 8.01. The number of hydrogen-bond donors (Lipinski definition) is 2. The summed E-state index contributed by atoms with van der Waals surface area (Å²) in [5, 5.41) is 13.7. The van der Waals surface area contributed by atoms with E-state index in [2.05, 4.69) is 19.2 Å². The lowest BCUT2D eigenvalue weighted by Gasteiger charge is -2.26. The van der Waals surface area contributed by atoms with Gasteiger partial charge < -0.3 is 15.2 Å². The van der Waals surface area contributed by atoms with Crippen LogP contribution in [0.15, 0.2) is 24.3 Å². The zero-order chi connectivity index (χ0) is 13.8. The minimum Gasteiger partial charge on any atom is -0.491 e. The lowest BCUT2D eigenvalue weighted by atomic mass is 9.95. The van der Waals surface area contributed by atoms with Crippen LogP contribution in [0, 0.1) is 0 Å². The summed E-state index contributed by atoms with van der Waals surface area (Å²) < 4.78 is 5.64. The Hall–Kier alpha value is -1.06. The highest BCUT2D eigenvalue weighted by Gasteiger charge is 2.23. The molecule has 1 aromatic rings. The minimum absolute atomic E-state index is 0.138. The second kappa shape index (κ2) is 6.21. The molecule has 0 aliphatic carbocycles. The van der Waals surface area contributed by atoms with Gasteiger partial charge in [0.25, 0.3) is 0 Å². The molecule has 0 saturated carbocycles. The molecule has 0 heterocycles. The summed E-state index contributed by atoms with van der Waals surface area (Å²) in [5.41, 5.74) is -0.0190. The summed E-state index contributed by atoms with van der Waals surface area (Å²) in [5.74, 6) is 0.798. The number of aliphatic hydroxyl groups is 1. The summed E-state index contributed by atoms with van der Waals surface area (Å²) in [6.07, 6.45) is 0.138. The van der Waals surface area contributed by atoms with Crippen LogP contribution < -0.4 is 10.1 Å². The summed E-state index contributed by atoms with van der Waals surface area (Å²) >= 11 is 0. The fourth-order valence-corrected chi connectivity index (χ4v) is 1.68. The van der Waals surface area contributed by atoms with Gasteiger partial charge >= 0.3 is 0 Å². The Bertz CT molecular complexity index is 373. The van der Waals surface area contributed by atoms with Gasteiger partial charge in [-0.3, -0.25) is 0 Å². The normalized spacial score (nSPS) is 14.9. The molecule has 0 saturated heterocycles. The molecule has 102 valence electrons. The van der Waals surface area contributed by atoms with Gasteiger partial charge in [0.15, 0.2) is 0 Å².